The molecule has 0 heterocycles. The maximum Gasteiger partial charge on any atom is 0.0951 e. The summed E-state index contributed by atoms with van der Waals surface area (Å²) in [6.07, 6.45) is 7.98. The van der Waals surface area contributed by atoms with Gasteiger partial charge in [0.05, 0.1) is 12.2 Å². The predicted octanol–water partition coefficient (Wildman–Crippen LogP) is 2.07. The lowest BCUT2D eigenvalue weighted by Gasteiger charge is -2.31. The van der Waals surface area contributed by atoms with Crippen molar-refractivity contribution in [2.75, 3.05) is 7.05 Å². The summed E-state index contributed by atoms with van der Waals surface area (Å²) in [5.74, 6) is 0.727. The van der Waals surface area contributed by atoms with Gasteiger partial charge in [-0.2, -0.15) is 0 Å². The summed E-state index contributed by atoms with van der Waals surface area (Å²) in [7, 11) is 1.88. The monoisotopic (exact) mass is 243 g/mol. The fourth-order valence-electron chi connectivity index (χ4n) is 2.94. The minimum Gasteiger partial charge on any atom is -0.390 e. The van der Waals surface area contributed by atoms with Gasteiger partial charge in [-0.3, -0.25) is 0 Å². The molecule has 1 rings (SSSR count). The van der Waals surface area contributed by atoms with E-state index in [1.165, 1.54) is 32.1 Å². The second kappa shape index (κ2) is 8.06. The first-order valence-corrected chi connectivity index (χ1v) is 7.22. The van der Waals surface area contributed by atoms with Crippen LogP contribution in [-0.2, 0) is 0 Å². The van der Waals surface area contributed by atoms with E-state index in [9.17, 15) is 10.2 Å². The van der Waals surface area contributed by atoms with Crippen molar-refractivity contribution in [3.63, 3.8) is 0 Å². The first-order valence-electron chi connectivity index (χ1n) is 7.22. The molecular formula is C14H29NO2. The fraction of sp³-hybridized carbons (Fsp3) is 1.00. The molecule has 0 aromatic rings. The zero-order valence-corrected chi connectivity index (χ0v) is 11.4. The minimum atomic E-state index is -0.623. The van der Waals surface area contributed by atoms with Gasteiger partial charge in [-0.15, -0.1) is 0 Å². The molecule has 1 aliphatic carbocycles. The van der Waals surface area contributed by atoms with Crippen LogP contribution in [0.5, 0.6) is 0 Å². The molecule has 0 unspecified atom stereocenters. The maximum atomic E-state index is 10.1. The van der Waals surface area contributed by atoms with Crippen LogP contribution in [0.2, 0.25) is 0 Å². The predicted molar refractivity (Wildman–Crippen MR) is 71.0 cm³/mol. The molecule has 0 radical (unpaired) electrons. The average molecular weight is 243 g/mol. The van der Waals surface area contributed by atoms with Crippen LogP contribution in [0, 0.1) is 5.92 Å². The maximum absolute atomic E-state index is 10.1. The first-order chi connectivity index (χ1) is 8.19. The minimum absolute atomic E-state index is 0.0413. The summed E-state index contributed by atoms with van der Waals surface area (Å²) >= 11 is 0. The van der Waals surface area contributed by atoms with Gasteiger partial charge in [-0.1, -0.05) is 45.4 Å². The summed E-state index contributed by atoms with van der Waals surface area (Å²) in [6, 6.07) is 0.0413. The Labute approximate surface area is 106 Å². The normalized spacial score (nSPS) is 23.3. The molecule has 3 heteroatoms. The third-order valence-electron chi connectivity index (χ3n) is 4.07. The van der Waals surface area contributed by atoms with Gasteiger partial charge in [-0.25, -0.2) is 0 Å². The lowest BCUT2D eigenvalue weighted by Crippen LogP contribution is -2.46. The largest absolute Gasteiger partial charge is 0.390 e. The molecule has 3 atom stereocenters. The van der Waals surface area contributed by atoms with Gasteiger partial charge in [0, 0.05) is 6.04 Å². The van der Waals surface area contributed by atoms with Crippen molar-refractivity contribution in [1.82, 2.24) is 5.32 Å². The van der Waals surface area contributed by atoms with E-state index >= 15 is 0 Å². The standard InChI is InChI=1S/C14H29NO2/c1-3-7-13(16)14(17)12(15-2)10-11-8-5-4-6-9-11/h11-17H,3-10H2,1-2H3/t12-,13-,14+/m0/s1. The molecule has 1 saturated carbocycles. The molecule has 0 saturated heterocycles. The summed E-state index contributed by atoms with van der Waals surface area (Å²) in [5.41, 5.74) is 0. The average Bonchev–Trinajstić information content (AvgIpc) is 2.36. The number of hydrogen-bond acceptors (Lipinski definition) is 3. The number of aliphatic hydroxyl groups excluding tert-OH is 2. The Kier molecular flexibility index (Phi) is 7.09. The third kappa shape index (κ3) is 4.94. The van der Waals surface area contributed by atoms with Crippen molar-refractivity contribution in [1.29, 1.82) is 0 Å². The number of likely N-dealkylation sites (N-methyl/N-ethyl adjacent to an activating group) is 1. The van der Waals surface area contributed by atoms with Crippen molar-refractivity contribution in [3.05, 3.63) is 0 Å². The molecule has 0 bridgehead atoms. The van der Waals surface area contributed by atoms with Crippen LogP contribution >= 0.6 is 0 Å². The van der Waals surface area contributed by atoms with Gasteiger partial charge >= 0.3 is 0 Å². The summed E-state index contributed by atoms with van der Waals surface area (Å²) < 4.78 is 0. The van der Waals surface area contributed by atoms with Crippen LogP contribution in [0.4, 0.5) is 0 Å². The molecule has 1 fully saturated rings. The quantitative estimate of drug-likeness (QED) is 0.641. The molecule has 0 aromatic carbocycles. The molecule has 3 nitrogen and oxygen atoms in total. The highest BCUT2D eigenvalue weighted by atomic mass is 16.3. The van der Waals surface area contributed by atoms with Gasteiger partial charge in [0.15, 0.2) is 0 Å². The molecule has 3 N–H and O–H groups in total. The van der Waals surface area contributed by atoms with Crippen molar-refractivity contribution in [2.24, 2.45) is 5.92 Å². The Morgan fingerprint density at radius 3 is 2.35 bits per heavy atom. The molecule has 0 aliphatic heterocycles. The van der Waals surface area contributed by atoms with E-state index in [2.05, 4.69) is 5.32 Å². The Balaban J connectivity index is 2.39. The lowest BCUT2D eigenvalue weighted by molar-refractivity contribution is -0.0128. The van der Waals surface area contributed by atoms with E-state index in [1.807, 2.05) is 14.0 Å². The number of aliphatic hydroxyl groups is 2. The highest BCUT2D eigenvalue weighted by Gasteiger charge is 2.27. The van der Waals surface area contributed by atoms with Crippen LogP contribution in [0.25, 0.3) is 0 Å². The highest BCUT2D eigenvalue weighted by molar-refractivity contribution is 4.83. The number of nitrogens with one attached hydrogen (secondary N) is 1. The van der Waals surface area contributed by atoms with Gasteiger partial charge in [0.1, 0.15) is 0 Å². The van der Waals surface area contributed by atoms with Crippen molar-refractivity contribution in [3.8, 4) is 0 Å². The summed E-state index contributed by atoms with van der Waals surface area (Å²) in [5, 5.41) is 23.2. The molecular weight excluding hydrogens is 214 g/mol. The molecule has 0 aromatic heterocycles. The Morgan fingerprint density at radius 1 is 1.18 bits per heavy atom. The molecule has 17 heavy (non-hydrogen) atoms. The van der Waals surface area contributed by atoms with Gasteiger partial charge in [0.2, 0.25) is 0 Å². The molecule has 102 valence electrons. The summed E-state index contributed by atoms with van der Waals surface area (Å²) in [4.78, 5) is 0. The van der Waals surface area contributed by atoms with Crippen LogP contribution in [0.1, 0.15) is 58.3 Å². The Morgan fingerprint density at radius 2 is 1.82 bits per heavy atom. The number of hydrogen-bond donors (Lipinski definition) is 3. The van der Waals surface area contributed by atoms with E-state index in [0.717, 1.165) is 18.8 Å². The molecule has 1 aliphatic rings. The molecule has 0 amide bonds. The second-order valence-corrected chi connectivity index (χ2v) is 5.48. The van der Waals surface area contributed by atoms with Crippen molar-refractivity contribution in [2.45, 2.75) is 76.5 Å². The van der Waals surface area contributed by atoms with E-state index in [1.54, 1.807) is 0 Å². The van der Waals surface area contributed by atoms with Gasteiger partial charge < -0.3 is 15.5 Å². The van der Waals surface area contributed by atoms with Gasteiger partial charge in [0.25, 0.3) is 0 Å². The SMILES string of the molecule is CCC[C@H](O)[C@H](O)[C@H](CC1CCCCC1)NC. The van der Waals surface area contributed by atoms with Crippen molar-refractivity contribution >= 4 is 0 Å². The Bertz CT molecular complexity index is 193. The first kappa shape index (κ1) is 14.9. The van der Waals surface area contributed by atoms with Gasteiger partial charge in [-0.05, 0) is 25.8 Å². The Hall–Kier alpha value is -0.120. The zero-order valence-electron chi connectivity index (χ0n) is 11.4. The van der Waals surface area contributed by atoms with E-state index in [0.29, 0.717) is 6.42 Å². The molecule has 0 spiro atoms. The second-order valence-electron chi connectivity index (χ2n) is 5.48. The van der Waals surface area contributed by atoms with Crippen LogP contribution < -0.4 is 5.32 Å². The van der Waals surface area contributed by atoms with E-state index < -0.39 is 12.2 Å². The van der Waals surface area contributed by atoms with E-state index in [-0.39, 0.29) is 6.04 Å². The zero-order chi connectivity index (χ0) is 12.7. The summed E-state index contributed by atoms with van der Waals surface area (Å²) in [6.45, 7) is 2.03. The van der Waals surface area contributed by atoms with Crippen LogP contribution in [0.15, 0.2) is 0 Å². The fourth-order valence-corrected chi connectivity index (χ4v) is 2.94. The van der Waals surface area contributed by atoms with Crippen LogP contribution in [0.3, 0.4) is 0 Å². The highest BCUT2D eigenvalue weighted by Crippen LogP contribution is 2.28. The third-order valence-corrected chi connectivity index (χ3v) is 4.07. The smallest absolute Gasteiger partial charge is 0.0951 e. The van der Waals surface area contributed by atoms with Crippen molar-refractivity contribution < 1.29 is 10.2 Å². The van der Waals surface area contributed by atoms with Crippen LogP contribution in [-0.4, -0.2) is 35.5 Å². The van der Waals surface area contributed by atoms with E-state index in [4.69, 9.17) is 0 Å². The topological polar surface area (TPSA) is 52.5 Å². The lowest BCUT2D eigenvalue weighted by atomic mass is 9.83. The number of rotatable bonds is 7.